The smallest absolute Gasteiger partial charge is 0.240 e. The summed E-state index contributed by atoms with van der Waals surface area (Å²) in [5.74, 6) is 0. The van der Waals surface area contributed by atoms with Crippen LogP contribution in [0, 0.1) is 0 Å². The van der Waals surface area contributed by atoms with E-state index in [2.05, 4.69) is 4.72 Å². The number of sulfonamides is 1. The largest absolute Gasteiger partial charge is 0.395 e. The Labute approximate surface area is 130 Å². The molecule has 6 heteroatoms. The highest BCUT2D eigenvalue weighted by atomic mass is 32.2. The molecule has 0 aliphatic heterocycles. The first-order chi connectivity index (χ1) is 10.5. The van der Waals surface area contributed by atoms with E-state index in [4.69, 9.17) is 0 Å². The lowest BCUT2D eigenvalue weighted by Gasteiger charge is -2.20. The fourth-order valence-electron chi connectivity index (χ4n) is 2.13. The zero-order chi connectivity index (χ0) is 16.0. The van der Waals surface area contributed by atoms with Gasteiger partial charge in [-0.1, -0.05) is 48.5 Å². The maximum absolute atomic E-state index is 12.2. The monoisotopic (exact) mass is 321 g/mol. The molecule has 118 valence electrons. The molecule has 2 atom stereocenters. The van der Waals surface area contributed by atoms with Gasteiger partial charge in [-0.3, -0.25) is 0 Å². The summed E-state index contributed by atoms with van der Waals surface area (Å²) in [7, 11) is -3.72. The predicted octanol–water partition coefficient (Wildman–Crippen LogP) is 1.45. The van der Waals surface area contributed by atoms with Crippen molar-refractivity contribution >= 4 is 10.0 Å². The van der Waals surface area contributed by atoms with Crippen molar-refractivity contribution in [3.8, 4) is 0 Å². The highest BCUT2D eigenvalue weighted by Crippen LogP contribution is 2.19. The summed E-state index contributed by atoms with van der Waals surface area (Å²) in [6, 6.07) is 16.1. The van der Waals surface area contributed by atoms with Gasteiger partial charge in [-0.15, -0.1) is 0 Å². The highest BCUT2D eigenvalue weighted by molar-refractivity contribution is 7.89. The van der Waals surface area contributed by atoms with Crippen molar-refractivity contribution in [2.24, 2.45) is 0 Å². The molecule has 0 saturated carbocycles. The molecule has 5 nitrogen and oxygen atoms in total. The topological polar surface area (TPSA) is 86.6 Å². The van der Waals surface area contributed by atoms with Gasteiger partial charge in [0.05, 0.1) is 17.6 Å². The van der Waals surface area contributed by atoms with Crippen LogP contribution in [0.3, 0.4) is 0 Å². The average molecular weight is 321 g/mol. The number of hydrogen-bond acceptors (Lipinski definition) is 4. The van der Waals surface area contributed by atoms with Crippen molar-refractivity contribution in [1.29, 1.82) is 0 Å². The Morgan fingerprint density at radius 2 is 1.50 bits per heavy atom. The van der Waals surface area contributed by atoms with Gasteiger partial charge < -0.3 is 10.2 Å². The fourth-order valence-corrected chi connectivity index (χ4v) is 3.39. The van der Waals surface area contributed by atoms with Gasteiger partial charge in [0.1, 0.15) is 0 Å². The Morgan fingerprint density at radius 3 is 2.05 bits per heavy atom. The summed E-state index contributed by atoms with van der Waals surface area (Å²) >= 11 is 0. The van der Waals surface area contributed by atoms with Crippen molar-refractivity contribution in [1.82, 2.24) is 4.72 Å². The maximum Gasteiger partial charge on any atom is 0.240 e. The molecule has 0 spiro atoms. The van der Waals surface area contributed by atoms with Gasteiger partial charge in [-0.2, -0.15) is 0 Å². The number of rotatable bonds is 7. The molecule has 2 rings (SSSR count). The van der Waals surface area contributed by atoms with E-state index in [1.807, 2.05) is 6.07 Å². The molecule has 0 fully saturated rings. The highest BCUT2D eigenvalue weighted by Gasteiger charge is 2.22. The van der Waals surface area contributed by atoms with E-state index >= 15 is 0 Å². The second-order valence-electron chi connectivity index (χ2n) is 4.98. The molecule has 0 radical (unpaired) electrons. The normalized spacial score (nSPS) is 14.5. The van der Waals surface area contributed by atoms with Crippen LogP contribution in [0.5, 0.6) is 0 Å². The molecule has 0 aliphatic carbocycles. The van der Waals surface area contributed by atoms with Gasteiger partial charge in [0.15, 0.2) is 0 Å². The molecule has 0 heterocycles. The summed E-state index contributed by atoms with van der Waals surface area (Å²) in [4.78, 5) is 0.127. The van der Waals surface area contributed by atoms with Crippen LogP contribution < -0.4 is 4.72 Å². The van der Waals surface area contributed by atoms with E-state index in [1.165, 1.54) is 12.1 Å². The van der Waals surface area contributed by atoms with Crippen LogP contribution in [-0.2, 0) is 10.0 Å². The van der Waals surface area contributed by atoms with Crippen molar-refractivity contribution in [3.05, 3.63) is 66.2 Å². The number of aliphatic hydroxyl groups is 2. The van der Waals surface area contributed by atoms with E-state index in [9.17, 15) is 18.6 Å². The molecule has 2 aromatic carbocycles. The Morgan fingerprint density at radius 1 is 0.955 bits per heavy atom. The number of hydrogen-bond donors (Lipinski definition) is 3. The van der Waals surface area contributed by atoms with E-state index < -0.39 is 28.8 Å². The molecule has 0 amide bonds. The minimum Gasteiger partial charge on any atom is -0.395 e. The van der Waals surface area contributed by atoms with Crippen molar-refractivity contribution < 1.29 is 18.6 Å². The molecule has 22 heavy (non-hydrogen) atoms. The quantitative estimate of drug-likeness (QED) is 0.720. The molecular weight excluding hydrogens is 302 g/mol. The molecule has 0 aromatic heterocycles. The number of benzene rings is 2. The first kappa shape index (κ1) is 16.6. The number of nitrogens with one attached hydrogen (secondary N) is 1. The third-order valence-electron chi connectivity index (χ3n) is 3.29. The van der Waals surface area contributed by atoms with E-state index in [-0.39, 0.29) is 11.3 Å². The first-order valence-electron chi connectivity index (χ1n) is 6.94. The SMILES string of the molecule is O=S(=O)(NC(CO)CC(O)c1ccccc1)c1ccccc1. The van der Waals surface area contributed by atoms with Crippen LogP contribution in [0.25, 0.3) is 0 Å². The van der Waals surface area contributed by atoms with E-state index in [0.29, 0.717) is 5.56 Å². The second kappa shape index (κ2) is 7.51. The van der Waals surface area contributed by atoms with Gasteiger partial charge in [-0.25, -0.2) is 13.1 Å². The lowest BCUT2D eigenvalue weighted by atomic mass is 10.0. The minimum absolute atomic E-state index is 0.0899. The fraction of sp³-hybridized carbons (Fsp3) is 0.250. The summed E-state index contributed by atoms with van der Waals surface area (Å²) < 4.78 is 26.9. The second-order valence-corrected chi connectivity index (χ2v) is 6.69. The Kier molecular flexibility index (Phi) is 5.68. The Hall–Kier alpha value is -1.73. The van der Waals surface area contributed by atoms with Crippen LogP contribution in [0.2, 0.25) is 0 Å². The zero-order valence-corrected chi connectivity index (χ0v) is 12.8. The molecule has 2 unspecified atom stereocenters. The van der Waals surface area contributed by atoms with Gasteiger partial charge >= 0.3 is 0 Å². The predicted molar refractivity (Wildman–Crippen MR) is 83.7 cm³/mol. The zero-order valence-electron chi connectivity index (χ0n) is 12.0. The standard InChI is InChI=1S/C16H19NO4S/c18-12-14(11-16(19)13-7-3-1-4-8-13)17-22(20,21)15-9-5-2-6-10-15/h1-10,14,16-19H,11-12H2. The minimum atomic E-state index is -3.72. The number of aliphatic hydroxyl groups excluding tert-OH is 2. The molecule has 3 N–H and O–H groups in total. The summed E-state index contributed by atoms with van der Waals surface area (Å²) in [5, 5.41) is 19.5. The molecule has 2 aromatic rings. The van der Waals surface area contributed by atoms with Crippen LogP contribution in [0.15, 0.2) is 65.6 Å². The van der Waals surface area contributed by atoms with Gasteiger partial charge in [0, 0.05) is 6.04 Å². The summed E-state index contributed by atoms with van der Waals surface area (Å²) in [6.45, 7) is -0.393. The maximum atomic E-state index is 12.2. The van der Waals surface area contributed by atoms with Gasteiger partial charge in [0.25, 0.3) is 0 Å². The van der Waals surface area contributed by atoms with Crippen LogP contribution >= 0.6 is 0 Å². The van der Waals surface area contributed by atoms with Gasteiger partial charge in [0.2, 0.25) is 10.0 Å². The third kappa shape index (κ3) is 4.38. The molecular formula is C16H19NO4S. The third-order valence-corrected chi connectivity index (χ3v) is 4.82. The van der Waals surface area contributed by atoms with Crippen molar-refractivity contribution in [2.45, 2.75) is 23.5 Å². The summed E-state index contributed by atoms with van der Waals surface area (Å²) in [5.41, 5.74) is 0.680. The van der Waals surface area contributed by atoms with Crippen molar-refractivity contribution in [2.75, 3.05) is 6.61 Å². The van der Waals surface area contributed by atoms with Crippen LogP contribution in [0.4, 0.5) is 0 Å². The average Bonchev–Trinajstić information content (AvgIpc) is 2.55. The molecule has 0 bridgehead atoms. The van der Waals surface area contributed by atoms with Gasteiger partial charge in [-0.05, 0) is 24.1 Å². The Bertz CT molecular complexity index is 674. The lowest BCUT2D eigenvalue weighted by Crippen LogP contribution is -2.38. The molecule has 0 aliphatic rings. The Balaban J connectivity index is 2.06. The lowest BCUT2D eigenvalue weighted by molar-refractivity contribution is 0.136. The van der Waals surface area contributed by atoms with Crippen molar-refractivity contribution in [3.63, 3.8) is 0 Å². The molecule has 0 saturated heterocycles. The van der Waals surface area contributed by atoms with Crippen LogP contribution in [-0.4, -0.2) is 31.3 Å². The first-order valence-corrected chi connectivity index (χ1v) is 8.42. The summed E-state index contributed by atoms with van der Waals surface area (Å²) in [6.07, 6.45) is -0.760. The van der Waals surface area contributed by atoms with E-state index in [0.717, 1.165) is 0 Å². The van der Waals surface area contributed by atoms with E-state index in [1.54, 1.807) is 42.5 Å². The van der Waals surface area contributed by atoms with Crippen LogP contribution in [0.1, 0.15) is 18.1 Å².